The summed E-state index contributed by atoms with van der Waals surface area (Å²) in [6.45, 7) is 0.279. The minimum Gasteiger partial charge on any atom is -0.382 e. The number of pyridine rings is 1. The molecule has 0 fully saturated rings. The van der Waals surface area contributed by atoms with E-state index in [0.717, 1.165) is 10.9 Å². The largest absolute Gasteiger partial charge is 0.382 e. The molecule has 0 bridgehead atoms. The average Bonchev–Trinajstić information content (AvgIpc) is 2.85. The van der Waals surface area contributed by atoms with Gasteiger partial charge in [-0.05, 0) is 29.8 Å². The number of carbonyl (C=O) groups excluding carboxylic acids is 1. The first-order chi connectivity index (χ1) is 16.1. The van der Waals surface area contributed by atoms with Crippen molar-refractivity contribution in [3.63, 3.8) is 0 Å². The van der Waals surface area contributed by atoms with Crippen LogP contribution in [0.3, 0.4) is 0 Å². The molecule has 2 unspecified atom stereocenters. The molecule has 0 aliphatic heterocycles. The third-order valence-electron chi connectivity index (χ3n) is 5.19. The monoisotopic (exact) mass is 461 g/mol. The van der Waals surface area contributed by atoms with Gasteiger partial charge in [-0.3, -0.25) is 14.3 Å². The molecule has 3 aromatic carbocycles. The smallest absolute Gasteiger partial charge is 0.266 e. The number of ether oxygens (including phenoxy) is 1. The number of anilines is 2. The zero-order valence-corrected chi connectivity index (χ0v) is 18.7. The van der Waals surface area contributed by atoms with Crippen LogP contribution in [0.2, 0.25) is 0 Å². The van der Waals surface area contributed by atoms with E-state index in [1.54, 1.807) is 55.8 Å². The van der Waals surface area contributed by atoms with Crippen LogP contribution in [0.4, 0.5) is 11.4 Å². The third kappa shape index (κ3) is 4.93. The topological polar surface area (TPSA) is 91.8 Å². The van der Waals surface area contributed by atoms with E-state index in [2.05, 4.69) is 10.3 Å². The van der Waals surface area contributed by atoms with E-state index < -0.39 is 11.3 Å². The van der Waals surface area contributed by atoms with Gasteiger partial charge in [0.1, 0.15) is 0 Å². The Morgan fingerprint density at radius 3 is 2.45 bits per heavy atom. The van der Waals surface area contributed by atoms with Gasteiger partial charge in [-0.1, -0.05) is 60.7 Å². The molecule has 0 aliphatic carbocycles. The molecule has 2 N–H and O–H groups in total. The number of hydrogen-bond acceptors (Lipinski definition) is 4. The van der Waals surface area contributed by atoms with Crippen LogP contribution in [0.15, 0.2) is 91.1 Å². The summed E-state index contributed by atoms with van der Waals surface area (Å²) in [5.74, 6) is -0.389. The Morgan fingerprint density at radius 1 is 1.00 bits per heavy atom. The van der Waals surface area contributed by atoms with Crippen LogP contribution in [0.25, 0.3) is 10.9 Å². The van der Waals surface area contributed by atoms with E-state index in [0.29, 0.717) is 16.9 Å². The van der Waals surface area contributed by atoms with Crippen LogP contribution in [0.1, 0.15) is 22.0 Å². The Kier molecular flexibility index (Phi) is 7.09. The Balaban J connectivity index is 1.75. The molecule has 1 heterocycles. The number of aromatic nitrogens is 1. The second kappa shape index (κ2) is 10.4. The number of benzene rings is 3. The fourth-order valence-corrected chi connectivity index (χ4v) is 4.35. The van der Waals surface area contributed by atoms with Crippen LogP contribution in [-0.4, -0.2) is 33.4 Å². The van der Waals surface area contributed by atoms with E-state index in [9.17, 15) is 13.6 Å². The minimum absolute atomic E-state index is 0.255. The summed E-state index contributed by atoms with van der Waals surface area (Å²) in [4.78, 5) is 17.7. The third-order valence-corrected chi connectivity index (χ3v) is 5.90. The molecule has 33 heavy (non-hydrogen) atoms. The van der Waals surface area contributed by atoms with Crippen molar-refractivity contribution in [1.82, 2.24) is 10.3 Å². The summed E-state index contributed by atoms with van der Waals surface area (Å²) < 4.78 is 29.3. The number of rotatable bonds is 8. The van der Waals surface area contributed by atoms with Gasteiger partial charge in [-0.15, -0.1) is 0 Å². The van der Waals surface area contributed by atoms with Crippen molar-refractivity contribution in [2.24, 2.45) is 0 Å². The number of fused-ring (bicyclic) bond motifs is 1. The van der Waals surface area contributed by atoms with Gasteiger partial charge in [-0.25, -0.2) is 8.51 Å². The van der Waals surface area contributed by atoms with Crippen molar-refractivity contribution >= 4 is 39.5 Å². The second-order valence-electron chi connectivity index (χ2n) is 7.29. The number of amides is 1. The van der Waals surface area contributed by atoms with E-state index >= 15 is 0 Å². The standard InChI is InChI=1S/C25H23N3O4S/c1-32-17-21(18-9-3-2-4-10-18)27-25(29)20-13-5-6-14-22(20)28(33(30)31)23-15-7-11-19-12-8-16-26-24(19)23/h2-16,21H,17H2,1H3,(H,27,29)(H,30,31). The highest BCUT2D eigenvalue weighted by Crippen LogP contribution is 2.34. The van der Waals surface area contributed by atoms with Crippen LogP contribution < -0.4 is 9.62 Å². The zero-order chi connectivity index (χ0) is 23.2. The normalized spacial score (nSPS) is 12.8. The molecule has 0 saturated heterocycles. The predicted octanol–water partition coefficient (Wildman–Crippen LogP) is 4.63. The van der Waals surface area contributed by atoms with Gasteiger partial charge < -0.3 is 10.1 Å². The quantitative estimate of drug-likeness (QED) is 0.374. The molecular weight excluding hydrogens is 438 g/mol. The van der Waals surface area contributed by atoms with Crippen LogP contribution in [0, 0.1) is 0 Å². The highest BCUT2D eigenvalue weighted by atomic mass is 32.2. The lowest BCUT2D eigenvalue weighted by atomic mass is 10.1. The molecule has 0 spiro atoms. The number of nitrogens with zero attached hydrogens (tertiary/aromatic N) is 2. The Bertz CT molecular complexity index is 1280. The van der Waals surface area contributed by atoms with Crippen LogP contribution in [-0.2, 0) is 16.0 Å². The summed E-state index contributed by atoms with van der Waals surface area (Å²) in [5, 5.41) is 3.80. The lowest BCUT2D eigenvalue weighted by Crippen LogP contribution is -2.33. The van der Waals surface area contributed by atoms with Crippen molar-refractivity contribution in [2.75, 3.05) is 18.0 Å². The maximum absolute atomic E-state index is 13.4. The van der Waals surface area contributed by atoms with E-state index in [1.165, 1.54) is 4.31 Å². The van der Waals surface area contributed by atoms with Crippen molar-refractivity contribution in [1.29, 1.82) is 0 Å². The van der Waals surface area contributed by atoms with Gasteiger partial charge in [0.25, 0.3) is 17.2 Å². The van der Waals surface area contributed by atoms with Gasteiger partial charge in [0, 0.05) is 18.7 Å². The van der Waals surface area contributed by atoms with Crippen molar-refractivity contribution in [2.45, 2.75) is 6.04 Å². The Morgan fingerprint density at radius 2 is 1.70 bits per heavy atom. The van der Waals surface area contributed by atoms with E-state index in [-0.39, 0.29) is 24.1 Å². The number of carbonyl (C=O) groups is 1. The first kappa shape index (κ1) is 22.6. The fraction of sp³-hybridized carbons (Fsp3) is 0.120. The highest BCUT2D eigenvalue weighted by molar-refractivity contribution is 7.81. The number of hydrogen-bond donors (Lipinski definition) is 2. The van der Waals surface area contributed by atoms with Crippen molar-refractivity contribution in [3.8, 4) is 0 Å². The Hall–Kier alpha value is -3.59. The summed E-state index contributed by atoms with van der Waals surface area (Å²) in [5.41, 5.74) is 2.42. The minimum atomic E-state index is -2.45. The van der Waals surface area contributed by atoms with Gasteiger partial charge in [0.15, 0.2) is 0 Å². The number of para-hydroxylation sites is 2. The number of nitrogens with one attached hydrogen (secondary N) is 1. The Labute approximate surface area is 194 Å². The van der Waals surface area contributed by atoms with Crippen LogP contribution >= 0.6 is 0 Å². The zero-order valence-electron chi connectivity index (χ0n) is 17.9. The van der Waals surface area contributed by atoms with Crippen molar-refractivity contribution in [3.05, 3.63) is 102 Å². The summed E-state index contributed by atoms with van der Waals surface area (Å²) in [6, 6.07) is 24.8. The maximum Gasteiger partial charge on any atom is 0.266 e. The van der Waals surface area contributed by atoms with Gasteiger partial charge in [-0.2, -0.15) is 0 Å². The SMILES string of the molecule is COCC(NC(=O)c1ccccc1N(c1cccc2cccnc12)S(=O)O)c1ccccc1. The first-order valence-electron chi connectivity index (χ1n) is 10.3. The molecule has 168 valence electrons. The molecule has 0 radical (unpaired) electrons. The van der Waals surface area contributed by atoms with Gasteiger partial charge >= 0.3 is 0 Å². The molecule has 0 saturated carbocycles. The lowest BCUT2D eigenvalue weighted by Gasteiger charge is -2.24. The highest BCUT2D eigenvalue weighted by Gasteiger charge is 2.25. The molecule has 0 aliphatic rings. The molecule has 1 aromatic heterocycles. The second-order valence-corrected chi connectivity index (χ2v) is 8.11. The van der Waals surface area contributed by atoms with Gasteiger partial charge in [0.2, 0.25) is 0 Å². The van der Waals surface area contributed by atoms with Gasteiger partial charge in [0.05, 0.1) is 35.1 Å². The van der Waals surface area contributed by atoms with Crippen LogP contribution in [0.5, 0.6) is 0 Å². The molecule has 4 rings (SSSR count). The lowest BCUT2D eigenvalue weighted by molar-refractivity contribution is 0.0897. The summed E-state index contributed by atoms with van der Waals surface area (Å²) in [7, 11) is 1.57. The first-order valence-corrected chi connectivity index (χ1v) is 11.3. The fourth-order valence-electron chi connectivity index (χ4n) is 3.70. The molecule has 1 amide bonds. The summed E-state index contributed by atoms with van der Waals surface area (Å²) in [6.07, 6.45) is 1.62. The van der Waals surface area contributed by atoms with E-state index in [4.69, 9.17) is 4.74 Å². The molecule has 7 nitrogen and oxygen atoms in total. The van der Waals surface area contributed by atoms with E-state index in [1.807, 2.05) is 42.5 Å². The molecule has 2 atom stereocenters. The molecule has 4 aromatic rings. The maximum atomic E-state index is 13.4. The van der Waals surface area contributed by atoms with Crippen molar-refractivity contribution < 1.29 is 18.3 Å². The average molecular weight is 462 g/mol. The summed E-state index contributed by atoms with van der Waals surface area (Å²) >= 11 is -2.45. The predicted molar refractivity (Wildman–Crippen MR) is 130 cm³/mol. The number of methoxy groups -OCH3 is 1. The molecular formula is C25H23N3O4S. The molecule has 8 heteroatoms.